The van der Waals surface area contributed by atoms with Crippen LogP contribution in [0.2, 0.25) is 0 Å². The maximum atomic E-state index is 13.8. The Bertz CT molecular complexity index is 1600. The number of esters is 1. The molecule has 0 spiro atoms. The van der Waals surface area contributed by atoms with Crippen molar-refractivity contribution in [3.05, 3.63) is 87.9 Å². The van der Waals surface area contributed by atoms with Gasteiger partial charge in [0.2, 0.25) is 5.69 Å². The number of thiophene rings is 2. The van der Waals surface area contributed by atoms with Crippen LogP contribution in [0.4, 0.5) is 5.00 Å². The lowest BCUT2D eigenvalue weighted by Crippen LogP contribution is -2.31. The lowest BCUT2D eigenvalue weighted by Gasteiger charge is -2.10. The van der Waals surface area contributed by atoms with Gasteiger partial charge >= 0.3 is 5.97 Å². The van der Waals surface area contributed by atoms with Crippen LogP contribution in [0, 0.1) is 13.8 Å². The second-order valence-corrected chi connectivity index (χ2v) is 10.4. The summed E-state index contributed by atoms with van der Waals surface area (Å²) in [6.07, 6.45) is 1.90. The molecule has 4 aromatic heterocycles. The number of para-hydroxylation sites is 1. The van der Waals surface area contributed by atoms with E-state index in [4.69, 9.17) is 17.4 Å². The molecule has 0 aliphatic rings. The van der Waals surface area contributed by atoms with E-state index in [9.17, 15) is 9.59 Å². The van der Waals surface area contributed by atoms with Crippen LogP contribution < -0.4 is 9.72 Å². The Labute approximate surface area is 222 Å². The number of aromatic nitrogens is 2. The van der Waals surface area contributed by atoms with Gasteiger partial charge < -0.3 is 22.7 Å². The molecule has 0 aliphatic carbocycles. The molecule has 0 radical (unpaired) electrons. The molecule has 0 fully saturated rings. The van der Waals surface area contributed by atoms with E-state index < -0.39 is 11.9 Å². The van der Waals surface area contributed by atoms with Gasteiger partial charge in [-0.1, -0.05) is 24.3 Å². The lowest BCUT2D eigenvalue weighted by atomic mass is 10.1. The second-order valence-electron chi connectivity index (χ2n) is 8.22. The Hall–Kier alpha value is -3.53. The minimum atomic E-state index is -0.470. The fourth-order valence-corrected chi connectivity index (χ4v) is 6.31. The highest BCUT2D eigenvalue weighted by molar-refractivity contribution is 7.58. The summed E-state index contributed by atoms with van der Waals surface area (Å²) in [6.45, 7) is 5.98. The number of pyridine rings is 1. The third-order valence-electron chi connectivity index (χ3n) is 5.81. The molecule has 5 aromatic rings. The molecular weight excluding hydrogens is 511 g/mol. The topological polar surface area (TPSA) is 64.4 Å². The summed E-state index contributed by atoms with van der Waals surface area (Å²) in [4.78, 5) is 27.6. The van der Waals surface area contributed by atoms with Crippen molar-refractivity contribution in [3.8, 4) is 16.1 Å². The zero-order valence-corrected chi connectivity index (χ0v) is 22.4. The van der Waals surface area contributed by atoms with Crippen LogP contribution in [-0.2, 0) is 17.4 Å². The zero-order chi connectivity index (χ0) is 25.4. The Kier molecular flexibility index (Phi) is 6.61. The first-order chi connectivity index (χ1) is 17.4. The van der Waals surface area contributed by atoms with Crippen LogP contribution in [0.1, 0.15) is 38.9 Å². The van der Waals surface area contributed by atoms with Gasteiger partial charge in [0, 0.05) is 26.9 Å². The predicted molar refractivity (Wildman–Crippen MR) is 146 cm³/mol. The fourth-order valence-electron chi connectivity index (χ4n) is 4.16. The second kappa shape index (κ2) is 9.85. The van der Waals surface area contributed by atoms with Crippen molar-refractivity contribution in [1.82, 2.24) is 4.57 Å². The van der Waals surface area contributed by atoms with Gasteiger partial charge in [-0.2, -0.15) is 4.40 Å². The van der Waals surface area contributed by atoms with E-state index in [0.29, 0.717) is 21.3 Å². The van der Waals surface area contributed by atoms with Gasteiger partial charge in [-0.05, 0) is 55.5 Å². The molecule has 1 aromatic carbocycles. The normalized spacial score (nSPS) is 11.1. The molecular formula is C27H23N3O3S3. The van der Waals surface area contributed by atoms with E-state index >= 15 is 0 Å². The maximum absolute atomic E-state index is 13.8. The molecule has 0 saturated carbocycles. The summed E-state index contributed by atoms with van der Waals surface area (Å²) >= 11 is 8.68. The quantitative estimate of drug-likeness (QED) is 0.166. The molecule has 0 atom stereocenters. The summed E-state index contributed by atoms with van der Waals surface area (Å²) in [5, 5.41) is 7.60. The third-order valence-corrected chi connectivity index (χ3v) is 7.98. The predicted octanol–water partition coefficient (Wildman–Crippen LogP) is 5.96. The molecule has 182 valence electrons. The van der Waals surface area contributed by atoms with Gasteiger partial charge in [-0.3, -0.25) is 4.79 Å². The molecule has 4 heterocycles. The third kappa shape index (κ3) is 4.19. The Balaban J connectivity index is 1.63. The Morgan fingerprint density at radius 3 is 2.61 bits per heavy atom. The van der Waals surface area contributed by atoms with E-state index in [1.807, 2.05) is 88.3 Å². The first-order valence-electron chi connectivity index (χ1n) is 11.3. The number of carbonyl (C=O) groups is 2. The zero-order valence-electron chi connectivity index (χ0n) is 19.9. The molecule has 0 unspecified atom stereocenters. The average molecular weight is 534 g/mol. The number of imidazole rings is 1. The molecule has 0 bridgehead atoms. The number of hydrogen-bond acceptors (Lipinski definition) is 6. The summed E-state index contributed by atoms with van der Waals surface area (Å²) in [7, 11) is 0. The Morgan fingerprint density at radius 2 is 1.89 bits per heavy atom. The number of ether oxygens (including phenoxy) is 1. The molecule has 6 nitrogen and oxygen atoms in total. The number of benzene rings is 1. The van der Waals surface area contributed by atoms with Gasteiger partial charge in [0.05, 0.1) is 12.8 Å². The summed E-state index contributed by atoms with van der Waals surface area (Å²) in [5.41, 5.74) is 5.14. The lowest BCUT2D eigenvalue weighted by molar-refractivity contribution is -0.514. The first kappa shape index (κ1) is 24.2. The van der Waals surface area contributed by atoms with Crippen molar-refractivity contribution in [3.63, 3.8) is 0 Å². The molecule has 9 heteroatoms. The SMILES string of the molecule is CCOC(=O)c1c(-c2cccs2)csc1NC(=O)c1c([S-])n(-c2ccccc2C)c2ccc(C)c[n+]12. The number of hydrogen-bond donors (Lipinski definition) is 1. The van der Waals surface area contributed by atoms with Crippen molar-refractivity contribution in [2.24, 2.45) is 0 Å². The number of amides is 1. The Morgan fingerprint density at radius 1 is 1.08 bits per heavy atom. The highest BCUT2D eigenvalue weighted by atomic mass is 32.1. The smallest absolute Gasteiger partial charge is 0.341 e. The monoisotopic (exact) mass is 533 g/mol. The van der Waals surface area contributed by atoms with Crippen molar-refractivity contribution >= 4 is 57.8 Å². The number of nitrogens with one attached hydrogen (secondary N) is 1. The minimum Gasteiger partial charge on any atom is -0.732 e. The van der Waals surface area contributed by atoms with Gasteiger partial charge in [-0.25, -0.2) is 9.36 Å². The molecule has 0 aliphatic heterocycles. The van der Waals surface area contributed by atoms with Crippen LogP contribution >= 0.6 is 22.7 Å². The number of fused-ring (bicyclic) bond motifs is 1. The molecule has 1 N–H and O–H groups in total. The van der Waals surface area contributed by atoms with E-state index in [-0.39, 0.29) is 6.61 Å². The largest absolute Gasteiger partial charge is 0.732 e. The summed E-state index contributed by atoms with van der Waals surface area (Å²) in [6, 6.07) is 15.7. The van der Waals surface area contributed by atoms with Gasteiger partial charge in [0.15, 0.2) is 0 Å². The number of carbonyl (C=O) groups excluding carboxylic acids is 2. The number of nitrogens with zero attached hydrogens (tertiary/aromatic N) is 2. The van der Waals surface area contributed by atoms with E-state index in [1.165, 1.54) is 22.7 Å². The van der Waals surface area contributed by atoms with Crippen LogP contribution in [0.3, 0.4) is 0 Å². The number of rotatable bonds is 6. The van der Waals surface area contributed by atoms with Crippen LogP contribution in [-0.4, -0.2) is 23.1 Å². The van der Waals surface area contributed by atoms with E-state index in [1.54, 1.807) is 6.92 Å². The summed E-state index contributed by atoms with van der Waals surface area (Å²) in [5.74, 6) is -0.861. The maximum Gasteiger partial charge on any atom is 0.341 e. The van der Waals surface area contributed by atoms with Gasteiger partial charge in [-0.15, -0.1) is 22.7 Å². The molecule has 1 amide bonds. The summed E-state index contributed by atoms with van der Waals surface area (Å²) < 4.78 is 9.06. The van der Waals surface area contributed by atoms with Crippen molar-refractivity contribution in [1.29, 1.82) is 0 Å². The van der Waals surface area contributed by atoms with Crippen molar-refractivity contribution in [2.75, 3.05) is 11.9 Å². The minimum absolute atomic E-state index is 0.237. The average Bonchev–Trinajstić information content (AvgIpc) is 3.57. The van der Waals surface area contributed by atoms with E-state index in [2.05, 4.69) is 5.32 Å². The number of aryl methyl sites for hydroxylation is 2. The first-order valence-corrected chi connectivity index (χ1v) is 13.5. The highest BCUT2D eigenvalue weighted by Gasteiger charge is 2.29. The molecule has 36 heavy (non-hydrogen) atoms. The standard InChI is InChI=1S/C27H23N3O3S3/c1-4-33-27(32)22-18(20-10-7-13-35-20)15-36-25(22)28-24(31)23-26(34)30(19-9-6-5-8-17(19)3)21-12-11-16(2)14-29(21)23/h5-15H,4H2,1-3H3,(H-,28,31,32,34). The molecule has 5 rings (SSSR count). The van der Waals surface area contributed by atoms with Crippen LogP contribution in [0.25, 0.3) is 21.8 Å². The number of anilines is 1. The van der Waals surface area contributed by atoms with Gasteiger partial charge in [0.25, 0.3) is 11.6 Å². The van der Waals surface area contributed by atoms with E-state index in [0.717, 1.165) is 32.9 Å². The molecule has 0 saturated heterocycles. The van der Waals surface area contributed by atoms with Crippen LogP contribution in [0.5, 0.6) is 0 Å². The van der Waals surface area contributed by atoms with Gasteiger partial charge in [0.1, 0.15) is 16.3 Å². The van der Waals surface area contributed by atoms with Crippen molar-refractivity contribution < 1.29 is 18.7 Å². The fraction of sp³-hybridized carbons (Fsp3) is 0.148. The highest BCUT2D eigenvalue weighted by Crippen LogP contribution is 2.38. The van der Waals surface area contributed by atoms with Crippen LogP contribution in [0.15, 0.2) is 70.5 Å². The van der Waals surface area contributed by atoms with Crippen molar-refractivity contribution in [2.45, 2.75) is 25.8 Å².